The van der Waals surface area contributed by atoms with E-state index < -0.39 is 10.0 Å². The van der Waals surface area contributed by atoms with Crippen LogP contribution >= 0.6 is 27.5 Å². The maximum Gasteiger partial charge on any atom is 0.242 e. The SMILES string of the molecule is NCC(NS(=O)(=O)c1ccc(Br)cc1Cl)C1CC1. The highest BCUT2D eigenvalue weighted by atomic mass is 79.9. The summed E-state index contributed by atoms with van der Waals surface area (Å²) in [4.78, 5) is 0.0893. The van der Waals surface area contributed by atoms with Gasteiger partial charge in [-0.05, 0) is 37.0 Å². The fourth-order valence-electron chi connectivity index (χ4n) is 1.79. The van der Waals surface area contributed by atoms with E-state index in [1.54, 1.807) is 12.1 Å². The van der Waals surface area contributed by atoms with Crippen LogP contribution in [0.5, 0.6) is 0 Å². The monoisotopic (exact) mass is 352 g/mol. The quantitative estimate of drug-likeness (QED) is 0.851. The summed E-state index contributed by atoms with van der Waals surface area (Å²) in [6.45, 7) is 0.304. The van der Waals surface area contributed by atoms with Crippen molar-refractivity contribution in [2.45, 2.75) is 23.8 Å². The Kier molecular flexibility index (Phi) is 4.33. The zero-order valence-electron chi connectivity index (χ0n) is 9.57. The van der Waals surface area contributed by atoms with Crippen molar-refractivity contribution < 1.29 is 8.42 Å². The fourth-order valence-corrected chi connectivity index (χ4v) is 4.15. The molecule has 2 rings (SSSR count). The first kappa shape index (κ1) is 14.3. The third-order valence-corrected chi connectivity index (χ3v) is 5.40. The highest BCUT2D eigenvalue weighted by molar-refractivity contribution is 9.10. The molecule has 7 heteroatoms. The predicted octanol–water partition coefficient (Wildman–Crippen LogP) is 2.12. The molecule has 3 N–H and O–H groups in total. The number of sulfonamides is 1. The zero-order valence-corrected chi connectivity index (χ0v) is 12.7. The Morgan fingerprint density at radius 3 is 2.67 bits per heavy atom. The van der Waals surface area contributed by atoms with Gasteiger partial charge in [0.25, 0.3) is 0 Å². The summed E-state index contributed by atoms with van der Waals surface area (Å²) in [6.07, 6.45) is 2.05. The third-order valence-electron chi connectivity index (χ3n) is 2.93. The predicted molar refractivity (Wildman–Crippen MR) is 75.0 cm³/mol. The average molecular weight is 354 g/mol. The van der Waals surface area contributed by atoms with E-state index in [1.807, 2.05) is 0 Å². The Bertz CT molecular complexity index is 546. The van der Waals surface area contributed by atoms with Crippen molar-refractivity contribution in [3.63, 3.8) is 0 Å². The fraction of sp³-hybridized carbons (Fsp3) is 0.455. The van der Waals surface area contributed by atoms with E-state index in [0.29, 0.717) is 12.5 Å². The summed E-state index contributed by atoms with van der Waals surface area (Å²) in [6, 6.07) is 4.49. The number of hydrogen-bond acceptors (Lipinski definition) is 3. The summed E-state index contributed by atoms with van der Waals surface area (Å²) in [7, 11) is -3.61. The second-order valence-electron chi connectivity index (χ2n) is 4.38. The first-order valence-electron chi connectivity index (χ1n) is 5.61. The number of nitrogens with one attached hydrogen (secondary N) is 1. The van der Waals surface area contributed by atoms with Gasteiger partial charge in [-0.2, -0.15) is 0 Å². The smallest absolute Gasteiger partial charge is 0.242 e. The van der Waals surface area contributed by atoms with Gasteiger partial charge >= 0.3 is 0 Å². The molecule has 0 heterocycles. The molecule has 1 atom stereocenters. The van der Waals surface area contributed by atoms with Crippen molar-refractivity contribution in [3.8, 4) is 0 Å². The van der Waals surface area contributed by atoms with Gasteiger partial charge in [-0.15, -0.1) is 0 Å². The number of nitrogens with two attached hydrogens (primary N) is 1. The molecule has 1 aromatic carbocycles. The van der Waals surface area contributed by atoms with Crippen molar-refractivity contribution in [2.75, 3.05) is 6.54 Å². The van der Waals surface area contributed by atoms with Gasteiger partial charge in [0.1, 0.15) is 4.90 Å². The van der Waals surface area contributed by atoms with Crippen molar-refractivity contribution in [1.29, 1.82) is 0 Å². The van der Waals surface area contributed by atoms with Crippen molar-refractivity contribution in [3.05, 3.63) is 27.7 Å². The van der Waals surface area contributed by atoms with Crippen LogP contribution in [0, 0.1) is 5.92 Å². The molecular formula is C11H14BrClN2O2S. The number of hydrogen-bond donors (Lipinski definition) is 2. The first-order valence-corrected chi connectivity index (χ1v) is 8.27. The zero-order chi connectivity index (χ0) is 13.3. The number of halogens is 2. The van der Waals surface area contributed by atoms with E-state index in [-0.39, 0.29) is 16.0 Å². The van der Waals surface area contributed by atoms with Gasteiger partial charge in [-0.25, -0.2) is 13.1 Å². The molecule has 0 aliphatic heterocycles. The molecule has 1 unspecified atom stereocenters. The van der Waals surface area contributed by atoms with Crippen LogP contribution in [0.1, 0.15) is 12.8 Å². The van der Waals surface area contributed by atoms with Crippen LogP contribution in [0.2, 0.25) is 5.02 Å². The molecule has 0 aromatic heterocycles. The molecule has 1 aromatic rings. The van der Waals surface area contributed by atoms with Gasteiger partial charge < -0.3 is 5.73 Å². The second kappa shape index (κ2) is 5.46. The van der Waals surface area contributed by atoms with E-state index in [2.05, 4.69) is 20.7 Å². The number of rotatable bonds is 5. The summed E-state index contributed by atoms with van der Waals surface area (Å²) in [5.41, 5.74) is 5.59. The lowest BCUT2D eigenvalue weighted by Gasteiger charge is -2.16. The van der Waals surface area contributed by atoms with Crippen molar-refractivity contribution in [1.82, 2.24) is 4.72 Å². The van der Waals surface area contributed by atoms with E-state index in [9.17, 15) is 8.42 Å². The van der Waals surface area contributed by atoms with Crippen LogP contribution in [-0.2, 0) is 10.0 Å². The van der Waals surface area contributed by atoms with Crippen LogP contribution in [-0.4, -0.2) is 21.0 Å². The lowest BCUT2D eigenvalue weighted by molar-refractivity contribution is 0.519. The molecule has 1 aliphatic carbocycles. The van der Waals surface area contributed by atoms with E-state index in [1.165, 1.54) is 6.07 Å². The Hall–Kier alpha value is -0.140. The Morgan fingerprint density at radius 2 is 2.17 bits per heavy atom. The van der Waals surface area contributed by atoms with Gasteiger partial charge in [0.2, 0.25) is 10.0 Å². The van der Waals surface area contributed by atoms with Crippen LogP contribution in [0.15, 0.2) is 27.6 Å². The highest BCUT2D eigenvalue weighted by Crippen LogP contribution is 2.33. The van der Waals surface area contributed by atoms with E-state index in [0.717, 1.165) is 17.3 Å². The van der Waals surface area contributed by atoms with E-state index in [4.69, 9.17) is 17.3 Å². The molecular weight excluding hydrogens is 340 g/mol. The highest BCUT2D eigenvalue weighted by Gasteiger charge is 2.33. The minimum Gasteiger partial charge on any atom is -0.329 e. The van der Waals surface area contributed by atoms with Gasteiger partial charge in [-0.1, -0.05) is 27.5 Å². The van der Waals surface area contributed by atoms with Crippen LogP contribution < -0.4 is 10.5 Å². The van der Waals surface area contributed by atoms with Gasteiger partial charge in [0.15, 0.2) is 0 Å². The molecule has 100 valence electrons. The molecule has 0 spiro atoms. The normalized spacial score (nSPS) is 17.7. The number of benzene rings is 1. The molecule has 0 radical (unpaired) electrons. The summed E-state index contributed by atoms with van der Waals surface area (Å²) >= 11 is 9.20. The van der Waals surface area contributed by atoms with Crippen LogP contribution in [0.25, 0.3) is 0 Å². The van der Waals surface area contributed by atoms with E-state index >= 15 is 0 Å². The molecule has 4 nitrogen and oxygen atoms in total. The minimum atomic E-state index is -3.61. The maximum atomic E-state index is 12.2. The Labute approximate surface area is 120 Å². The van der Waals surface area contributed by atoms with Crippen LogP contribution in [0.4, 0.5) is 0 Å². The Morgan fingerprint density at radius 1 is 1.50 bits per heavy atom. The minimum absolute atomic E-state index is 0.0893. The molecule has 0 saturated heterocycles. The largest absolute Gasteiger partial charge is 0.329 e. The molecule has 1 aliphatic rings. The van der Waals surface area contributed by atoms with Gasteiger partial charge in [0.05, 0.1) is 5.02 Å². The summed E-state index contributed by atoms with van der Waals surface area (Å²) in [5, 5.41) is 0.198. The molecule has 0 bridgehead atoms. The Balaban J connectivity index is 2.24. The lowest BCUT2D eigenvalue weighted by Crippen LogP contribution is -2.41. The van der Waals surface area contributed by atoms with Gasteiger partial charge in [0, 0.05) is 17.1 Å². The first-order chi connectivity index (χ1) is 8.44. The topological polar surface area (TPSA) is 72.2 Å². The molecule has 1 fully saturated rings. The molecule has 18 heavy (non-hydrogen) atoms. The molecule has 0 amide bonds. The summed E-state index contributed by atoms with van der Waals surface area (Å²) in [5.74, 6) is 0.360. The standard InChI is InChI=1S/C11H14BrClN2O2S/c12-8-3-4-11(9(13)5-8)18(16,17)15-10(6-14)7-1-2-7/h3-5,7,10,15H,1-2,6,14H2. The summed E-state index contributed by atoms with van der Waals surface area (Å²) < 4.78 is 27.8. The second-order valence-corrected chi connectivity index (χ2v) is 7.38. The van der Waals surface area contributed by atoms with Gasteiger partial charge in [-0.3, -0.25) is 0 Å². The lowest BCUT2D eigenvalue weighted by atomic mass is 10.2. The van der Waals surface area contributed by atoms with Crippen molar-refractivity contribution in [2.24, 2.45) is 11.7 Å². The average Bonchev–Trinajstić information content (AvgIpc) is 3.09. The maximum absolute atomic E-state index is 12.2. The third kappa shape index (κ3) is 3.24. The molecule has 1 saturated carbocycles. The van der Waals surface area contributed by atoms with Crippen molar-refractivity contribution >= 4 is 37.6 Å². The van der Waals surface area contributed by atoms with Crippen LogP contribution in [0.3, 0.4) is 0 Å².